The number of carbonyl (C=O) groups excluding carboxylic acids is 1. The highest BCUT2D eigenvalue weighted by Gasteiger charge is 2.26. The number of nitrogens with zero attached hydrogens (tertiary/aromatic N) is 1. The van der Waals surface area contributed by atoms with Crippen LogP contribution in [0.5, 0.6) is 5.75 Å². The van der Waals surface area contributed by atoms with Crippen molar-refractivity contribution >= 4 is 21.6 Å². The van der Waals surface area contributed by atoms with Gasteiger partial charge in [-0.3, -0.25) is 4.79 Å². The van der Waals surface area contributed by atoms with Gasteiger partial charge in [-0.1, -0.05) is 24.6 Å². The lowest BCUT2D eigenvalue weighted by molar-refractivity contribution is -0.122. The van der Waals surface area contributed by atoms with Crippen molar-refractivity contribution in [2.24, 2.45) is 0 Å². The van der Waals surface area contributed by atoms with E-state index >= 15 is 0 Å². The van der Waals surface area contributed by atoms with Crippen LogP contribution in [0.2, 0.25) is 0 Å². The number of hydrogen-bond acceptors (Lipinski definition) is 4. The van der Waals surface area contributed by atoms with E-state index in [1.807, 2.05) is 32.0 Å². The molecule has 156 valence electrons. The van der Waals surface area contributed by atoms with Crippen LogP contribution in [0, 0.1) is 13.8 Å². The van der Waals surface area contributed by atoms with Crippen LogP contribution in [0.25, 0.3) is 0 Å². The Morgan fingerprint density at radius 1 is 1.07 bits per heavy atom. The minimum Gasteiger partial charge on any atom is -0.481 e. The van der Waals surface area contributed by atoms with E-state index in [-0.39, 0.29) is 10.8 Å². The Labute approximate surface area is 172 Å². The lowest BCUT2D eigenvalue weighted by atomic mass is 10.1. The number of sulfonamides is 1. The van der Waals surface area contributed by atoms with Crippen molar-refractivity contribution in [3.8, 4) is 5.75 Å². The molecular formula is C22H28N2O4S. The summed E-state index contributed by atoms with van der Waals surface area (Å²) in [5.41, 5.74) is 2.51. The third-order valence-electron chi connectivity index (χ3n) is 5.28. The molecule has 1 atom stereocenters. The first-order chi connectivity index (χ1) is 13.8. The summed E-state index contributed by atoms with van der Waals surface area (Å²) in [7, 11) is -3.55. The molecule has 7 heteroatoms. The number of nitrogens with one attached hydrogen (secondary N) is 1. The Hall–Kier alpha value is -2.38. The first kappa shape index (κ1) is 21.3. The molecule has 0 bridgehead atoms. The predicted molar refractivity (Wildman–Crippen MR) is 114 cm³/mol. The van der Waals surface area contributed by atoms with Gasteiger partial charge in [0, 0.05) is 18.8 Å². The summed E-state index contributed by atoms with van der Waals surface area (Å²) in [5.74, 6) is 0.326. The average molecular weight is 417 g/mol. The quantitative estimate of drug-likeness (QED) is 0.775. The minimum atomic E-state index is -3.55. The molecule has 2 aromatic carbocycles. The second-order valence-electron chi connectivity index (χ2n) is 7.44. The van der Waals surface area contributed by atoms with Gasteiger partial charge in [-0.25, -0.2) is 8.42 Å². The number of benzene rings is 2. The lowest BCUT2D eigenvalue weighted by Crippen LogP contribution is -2.35. The maximum Gasteiger partial charge on any atom is 0.265 e. The maximum absolute atomic E-state index is 12.9. The van der Waals surface area contributed by atoms with Gasteiger partial charge in [-0.05, 0) is 69.0 Å². The first-order valence-corrected chi connectivity index (χ1v) is 11.4. The molecule has 1 amide bonds. The molecule has 1 aliphatic rings. The first-order valence-electron chi connectivity index (χ1n) is 9.93. The molecule has 6 nitrogen and oxygen atoms in total. The zero-order valence-electron chi connectivity index (χ0n) is 17.1. The molecule has 0 spiro atoms. The summed E-state index contributed by atoms with van der Waals surface area (Å²) in [6.45, 7) is 6.69. The Morgan fingerprint density at radius 3 is 2.48 bits per heavy atom. The highest BCUT2D eigenvalue weighted by Crippen LogP contribution is 2.24. The number of amides is 1. The van der Waals surface area contributed by atoms with E-state index in [0.29, 0.717) is 24.5 Å². The van der Waals surface area contributed by atoms with E-state index in [9.17, 15) is 13.2 Å². The Kier molecular flexibility index (Phi) is 6.59. The van der Waals surface area contributed by atoms with Crippen molar-refractivity contribution in [1.82, 2.24) is 4.31 Å². The summed E-state index contributed by atoms with van der Waals surface area (Å²) in [5, 5.41) is 2.76. The van der Waals surface area contributed by atoms with Crippen molar-refractivity contribution < 1.29 is 17.9 Å². The fourth-order valence-electron chi connectivity index (χ4n) is 3.33. The molecule has 1 saturated heterocycles. The van der Waals surface area contributed by atoms with Crippen LogP contribution in [0.4, 0.5) is 5.69 Å². The van der Waals surface area contributed by atoms with Crippen molar-refractivity contribution in [2.75, 3.05) is 18.4 Å². The highest BCUT2D eigenvalue weighted by atomic mass is 32.2. The van der Waals surface area contributed by atoms with Crippen LogP contribution < -0.4 is 10.1 Å². The van der Waals surface area contributed by atoms with Crippen LogP contribution >= 0.6 is 0 Å². The summed E-state index contributed by atoms with van der Waals surface area (Å²) in [4.78, 5) is 12.8. The van der Waals surface area contributed by atoms with Gasteiger partial charge in [-0.2, -0.15) is 4.31 Å². The van der Waals surface area contributed by atoms with Crippen LogP contribution in [0.1, 0.15) is 37.3 Å². The third kappa shape index (κ3) is 4.97. The van der Waals surface area contributed by atoms with Gasteiger partial charge in [0.15, 0.2) is 6.10 Å². The zero-order chi connectivity index (χ0) is 21.0. The second-order valence-corrected chi connectivity index (χ2v) is 9.38. The normalized spacial score (nSPS) is 16.2. The van der Waals surface area contributed by atoms with E-state index in [1.165, 1.54) is 10.4 Å². The Balaban J connectivity index is 1.70. The number of rotatable bonds is 6. The number of anilines is 1. The molecular weight excluding hydrogens is 388 g/mol. The molecule has 0 aliphatic carbocycles. The molecule has 29 heavy (non-hydrogen) atoms. The summed E-state index contributed by atoms with van der Waals surface area (Å²) in [6.07, 6.45) is 2.09. The second kappa shape index (κ2) is 8.97. The van der Waals surface area contributed by atoms with Crippen molar-refractivity contribution in [3.63, 3.8) is 0 Å². The van der Waals surface area contributed by atoms with Crippen LogP contribution in [-0.4, -0.2) is 37.8 Å². The fourth-order valence-corrected chi connectivity index (χ4v) is 4.89. The monoisotopic (exact) mass is 416 g/mol. The van der Waals surface area contributed by atoms with Crippen molar-refractivity contribution in [1.29, 1.82) is 0 Å². The van der Waals surface area contributed by atoms with Crippen LogP contribution in [-0.2, 0) is 14.8 Å². The highest BCUT2D eigenvalue weighted by molar-refractivity contribution is 7.89. The number of piperidine rings is 1. The Morgan fingerprint density at radius 2 is 1.76 bits per heavy atom. The lowest BCUT2D eigenvalue weighted by Gasteiger charge is -2.26. The van der Waals surface area contributed by atoms with Gasteiger partial charge >= 0.3 is 0 Å². The van der Waals surface area contributed by atoms with Gasteiger partial charge in [0.2, 0.25) is 10.0 Å². The van der Waals surface area contributed by atoms with Gasteiger partial charge in [0.25, 0.3) is 5.91 Å². The fraction of sp³-hybridized carbons (Fsp3) is 0.409. The summed E-state index contributed by atoms with van der Waals surface area (Å²) < 4.78 is 33.0. The molecule has 1 fully saturated rings. The third-order valence-corrected chi connectivity index (χ3v) is 7.18. The maximum atomic E-state index is 12.9. The summed E-state index contributed by atoms with van der Waals surface area (Å²) >= 11 is 0. The van der Waals surface area contributed by atoms with Crippen LogP contribution in [0.15, 0.2) is 47.4 Å². The van der Waals surface area contributed by atoms with Gasteiger partial charge in [0.1, 0.15) is 5.75 Å². The van der Waals surface area contributed by atoms with E-state index in [4.69, 9.17) is 4.74 Å². The molecule has 0 radical (unpaired) electrons. The average Bonchev–Trinajstić information content (AvgIpc) is 2.72. The van der Waals surface area contributed by atoms with E-state index in [1.54, 1.807) is 25.1 Å². The molecule has 1 heterocycles. The van der Waals surface area contributed by atoms with Gasteiger partial charge in [-0.15, -0.1) is 0 Å². The van der Waals surface area contributed by atoms with E-state index < -0.39 is 16.1 Å². The summed E-state index contributed by atoms with van der Waals surface area (Å²) in [6, 6.07) is 12.1. The number of carbonyl (C=O) groups is 1. The molecule has 2 aromatic rings. The molecule has 1 unspecified atom stereocenters. The molecule has 3 rings (SSSR count). The minimum absolute atomic E-state index is 0.195. The van der Waals surface area contributed by atoms with Crippen LogP contribution in [0.3, 0.4) is 0 Å². The molecule has 1 aliphatic heterocycles. The topological polar surface area (TPSA) is 75.7 Å². The van der Waals surface area contributed by atoms with Crippen molar-refractivity contribution in [2.45, 2.75) is 51.0 Å². The number of aryl methyl sites for hydroxylation is 1. The largest absolute Gasteiger partial charge is 0.481 e. The SMILES string of the molecule is Cc1cccc(OC(C)C(=O)Nc2cccc(S(=O)(=O)N3CCCCC3)c2)c1C. The van der Waals surface area contributed by atoms with Crippen molar-refractivity contribution in [3.05, 3.63) is 53.6 Å². The Bertz CT molecular complexity index is 982. The molecule has 0 aromatic heterocycles. The van der Waals surface area contributed by atoms with Gasteiger partial charge < -0.3 is 10.1 Å². The number of ether oxygens (including phenoxy) is 1. The van der Waals surface area contributed by atoms with E-state index in [0.717, 1.165) is 30.4 Å². The molecule has 0 saturated carbocycles. The molecule has 1 N–H and O–H groups in total. The van der Waals surface area contributed by atoms with E-state index in [2.05, 4.69) is 5.32 Å². The zero-order valence-corrected chi connectivity index (χ0v) is 18.0. The van der Waals surface area contributed by atoms with Gasteiger partial charge in [0.05, 0.1) is 4.90 Å². The smallest absolute Gasteiger partial charge is 0.265 e. The number of hydrogen-bond donors (Lipinski definition) is 1. The predicted octanol–water partition coefficient (Wildman–Crippen LogP) is 3.88. The standard InChI is InChI=1S/C22H28N2O4S/c1-16-9-7-12-21(17(16)2)28-18(3)22(25)23-19-10-8-11-20(15-19)29(26,27)24-13-5-4-6-14-24/h7-12,15,18H,4-6,13-14H2,1-3H3,(H,23,25).